The fourth-order valence-corrected chi connectivity index (χ4v) is 2.51. The van der Waals surface area contributed by atoms with Crippen LogP contribution in [0.4, 0.5) is 0 Å². The van der Waals surface area contributed by atoms with Crippen LogP contribution in [0.3, 0.4) is 0 Å². The zero-order valence-corrected chi connectivity index (χ0v) is 14.0. The molecule has 6 nitrogen and oxygen atoms in total. The highest BCUT2D eigenvalue weighted by Crippen LogP contribution is 2.17. The summed E-state index contributed by atoms with van der Waals surface area (Å²) < 4.78 is 1.20. The summed E-state index contributed by atoms with van der Waals surface area (Å²) in [6.45, 7) is 5.57. The first-order valence-electron chi connectivity index (χ1n) is 7.72. The Morgan fingerprint density at radius 1 is 1.35 bits per heavy atom. The SMILES string of the molecule is CCC[C@H](NC(=O)c1c(C)c(C)nn(C)c1=O)c1ccccn1. The van der Waals surface area contributed by atoms with Crippen molar-refractivity contribution in [2.24, 2.45) is 7.05 Å². The Balaban J connectivity index is 2.36. The monoisotopic (exact) mass is 314 g/mol. The molecule has 122 valence electrons. The van der Waals surface area contributed by atoms with Gasteiger partial charge in [0, 0.05) is 13.2 Å². The molecule has 0 saturated heterocycles. The molecule has 0 bridgehead atoms. The third-order valence-corrected chi connectivity index (χ3v) is 3.88. The third-order valence-electron chi connectivity index (χ3n) is 3.88. The summed E-state index contributed by atoms with van der Waals surface area (Å²) in [6.07, 6.45) is 3.35. The lowest BCUT2D eigenvalue weighted by atomic mass is 10.1. The number of carbonyl (C=O) groups is 1. The first kappa shape index (κ1) is 16.9. The minimum absolute atomic E-state index is 0.150. The van der Waals surface area contributed by atoms with Crippen molar-refractivity contribution in [3.8, 4) is 0 Å². The maximum absolute atomic E-state index is 12.7. The quantitative estimate of drug-likeness (QED) is 0.916. The molecule has 2 rings (SSSR count). The molecule has 23 heavy (non-hydrogen) atoms. The van der Waals surface area contributed by atoms with Gasteiger partial charge in [0.2, 0.25) is 0 Å². The summed E-state index contributed by atoms with van der Waals surface area (Å²) in [5, 5.41) is 7.05. The van der Waals surface area contributed by atoms with Gasteiger partial charge in [0.05, 0.1) is 17.4 Å². The van der Waals surface area contributed by atoms with Crippen LogP contribution < -0.4 is 10.9 Å². The van der Waals surface area contributed by atoms with E-state index in [0.717, 1.165) is 18.5 Å². The van der Waals surface area contributed by atoms with Gasteiger partial charge < -0.3 is 5.32 Å². The Hall–Kier alpha value is -2.50. The van der Waals surface area contributed by atoms with E-state index in [-0.39, 0.29) is 23.1 Å². The van der Waals surface area contributed by atoms with Gasteiger partial charge in [-0.3, -0.25) is 14.6 Å². The van der Waals surface area contributed by atoms with Crippen molar-refractivity contribution in [1.82, 2.24) is 20.1 Å². The first-order valence-corrected chi connectivity index (χ1v) is 7.72. The molecule has 1 N–H and O–H groups in total. The van der Waals surface area contributed by atoms with Gasteiger partial charge in [0.15, 0.2) is 0 Å². The van der Waals surface area contributed by atoms with Gasteiger partial charge in [-0.1, -0.05) is 19.4 Å². The molecule has 0 aromatic carbocycles. The Morgan fingerprint density at radius 2 is 2.09 bits per heavy atom. The average molecular weight is 314 g/mol. The molecule has 1 amide bonds. The van der Waals surface area contributed by atoms with Gasteiger partial charge in [0.25, 0.3) is 11.5 Å². The highest BCUT2D eigenvalue weighted by atomic mass is 16.2. The summed E-state index contributed by atoms with van der Waals surface area (Å²) in [4.78, 5) is 29.3. The van der Waals surface area contributed by atoms with E-state index in [1.54, 1.807) is 27.1 Å². The predicted molar refractivity (Wildman–Crippen MR) is 88.3 cm³/mol. The van der Waals surface area contributed by atoms with Crippen LogP contribution in [0.15, 0.2) is 29.2 Å². The Kier molecular flexibility index (Phi) is 5.26. The summed E-state index contributed by atoms with van der Waals surface area (Å²) in [6, 6.07) is 5.38. The Bertz CT molecular complexity index is 753. The molecule has 1 atom stereocenters. The number of aryl methyl sites for hydroxylation is 2. The molecule has 2 aromatic rings. The minimum atomic E-state index is -0.387. The number of pyridine rings is 1. The maximum Gasteiger partial charge on any atom is 0.279 e. The minimum Gasteiger partial charge on any atom is -0.343 e. The predicted octanol–water partition coefficient (Wildman–Crippen LogP) is 2.06. The third kappa shape index (κ3) is 3.64. The normalized spacial score (nSPS) is 12.0. The molecular formula is C17H22N4O2. The molecule has 0 radical (unpaired) electrons. The van der Waals surface area contributed by atoms with Crippen LogP contribution >= 0.6 is 0 Å². The van der Waals surface area contributed by atoms with Crippen molar-refractivity contribution in [2.45, 2.75) is 39.7 Å². The first-order chi connectivity index (χ1) is 11.0. The van der Waals surface area contributed by atoms with Crippen molar-refractivity contribution in [2.75, 3.05) is 0 Å². The van der Waals surface area contributed by atoms with Gasteiger partial charge in [-0.2, -0.15) is 5.10 Å². The van der Waals surface area contributed by atoms with Crippen molar-refractivity contribution >= 4 is 5.91 Å². The number of hydrogen-bond donors (Lipinski definition) is 1. The van der Waals surface area contributed by atoms with Crippen LogP contribution in [-0.2, 0) is 7.05 Å². The van der Waals surface area contributed by atoms with Gasteiger partial charge >= 0.3 is 0 Å². The average Bonchev–Trinajstić information content (AvgIpc) is 2.54. The Labute approximate surface area is 135 Å². The summed E-state index contributed by atoms with van der Waals surface area (Å²) in [5.74, 6) is -0.377. The molecule has 2 heterocycles. The highest BCUT2D eigenvalue weighted by Gasteiger charge is 2.21. The molecule has 2 aromatic heterocycles. The fraction of sp³-hybridized carbons (Fsp3) is 0.412. The van der Waals surface area contributed by atoms with Crippen LogP contribution in [0.5, 0.6) is 0 Å². The van der Waals surface area contributed by atoms with E-state index in [1.165, 1.54) is 4.68 Å². The molecule has 0 spiro atoms. The number of nitrogens with zero attached hydrogens (tertiary/aromatic N) is 3. The number of aromatic nitrogens is 3. The largest absolute Gasteiger partial charge is 0.343 e. The number of nitrogens with one attached hydrogen (secondary N) is 1. The van der Waals surface area contributed by atoms with Gasteiger partial charge in [-0.05, 0) is 38.0 Å². The van der Waals surface area contributed by atoms with Crippen molar-refractivity contribution in [1.29, 1.82) is 0 Å². The van der Waals surface area contributed by atoms with Gasteiger partial charge in [0.1, 0.15) is 5.56 Å². The zero-order valence-electron chi connectivity index (χ0n) is 14.0. The zero-order chi connectivity index (χ0) is 17.0. The topological polar surface area (TPSA) is 76.9 Å². The Morgan fingerprint density at radius 3 is 2.70 bits per heavy atom. The number of amides is 1. The summed E-state index contributed by atoms with van der Waals surface area (Å²) in [5.41, 5.74) is 1.84. The van der Waals surface area contributed by atoms with Crippen LogP contribution in [0, 0.1) is 13.8 Å². The van der Waals surface area contributed by atoms with Crippen LogP contribution in [0.25, 0.3) is 0 Å². The second-order valence-electron chi connectivity index (χ2n) is 5.58. The lowest BCUT2D eigenvalue weighted by molar-refractivity contribution is 0.0930. The lowest BCUT2D eigenvalue weighted by Gasteiger charge is -2.18. The molecular weight excluding hydrogens is 292 g/mol. The summed E-state index contributed by atoms with van der Waals surface area (Å²) in [7, 11) is 1.55. The van der Waals surface area contributed by atoms with Crippen LogP contribution in [0.2, 0.25) is 0 Å². The fourth-order valence-electron chi connectivity index (χ4n) is 2.51. The van der Waals surface area contributed by atoms with E-state index in [2.05, 4.69) is 15.4 Å². The van der Waals surface area contributed by atoms with E-state index in [4.69, 9.17) is 0 Å². The second-order valence-corrected chi connectivity index (χ2v) is 5.58. The van der Waals surface area contributed by atoms with E-state index >= 15 is 0 Å². The van der Waals surface area contributed by atoms with Gasteiger partial charge in [-0.15, -0.1) is 0 Å². The number of rotatable bonds is 5. The smallest absolute Gasteiger partial charge is 0.279 e. The van der Waals surface area contributed by atoms with E-state index < -0.39 is 0 Å². The van der Waals surface area contributed by atoms with E-state index in [9.17, 15) is 9.59 Å². The molecule has 0 aliphatic rings. The van der Waals surface area contributed by atoms with Crippen molar-refractivity contribution in [3.05, 3.63) is 57.3 Å². The second kappa shape index (κ2) is 7.17. The maximum atomic E-state index is 12.7. The van der Waals surface area contributed by atoms with Gasteiger partial charge in [-0.25, -0.2) is 4.68 Å². The molecule has 0 unspecified atom stereocenters. The van der Waals surface area contributed by atoms with E-state index in [0.29, 0.717) is 11.3 Å². The molecule has 0 fully saturated rings. The standard InChI is InChI=1S/C17H22N4O2/c1-5-8-14(13-9-6-7-10-18-13)19-16(22)15-11(2)12(3)20-21(4)17(15)23/h6-7,9-10,14H,5,8H2,1-4H3,(H,19,22)/t14-/m0/s1. The van der Waals surface area contributed by atoms with Crippen LogP contribution in [-0.4, -0.2) is 20.7 Å². The molecule has 0 aliphatic carbocycles. The number of carbonyl (C=O) groups excluding carboxylic acids is 1. The highest BCUT2D eigenvalue weighted by molar-refractivity contribution is 5.95. The van der Waals surface area contributed by atoms with E-state index in [1.807, 2.05) is 25.1 Å². The number of hydrogen-bond acceptors (Lipinski definition) is 4. The van der Waals surface area contributed by atoms with Crippen molar-refractivity contribution < 1.29 is 4.79 Å². The molecule has 6 heteroatoms. The summed E-state index contributed by atoms with van der Waals surface area (Å²) >= 11 is 0. The van der Waals surface area contributed by atoms with Crippen LogP contribution in [0.1, 0.15) is 53.1 Å². The lowest BCUT2D eigenvalue weighted by Crippen LogP contribution is -2.37. The molecule has 0 aliphatic heterocycles. The molecule has 0 saturated carbocycles. The van der Waals surface area contributed by atoms with Crippen molar-refractivity contribution in [3.63, 3.8) is 0 Å².